The highest BCUT2D eigenvalue weighted by molar-refractivity contribution is 7.90. The van der Waals surface area contributed by atoms with Crippen molar-refractivity contribution in [2.24, 2.45) is 22.7 Å². The van der Waals surface area contributed by atoms with E-state index in [1.54, 1.807) is 48.7 Å². The van der Waals surface area contributed by atoms with Crippen molar-refractivity contribution >= 4 is 34.5 Å². The Morgan fingerprint density at radius 1 is 1.00 bits per heavy atom. The second-order valence-corrected chi connectivity index (χ2v) is 14.0. The van der Waals surface area contributed by atoms with Crippen molar-refractivity contribution in [3.63, 3.8) is 0 Å². The number of methoxy groups -OCH3 is 1. The molecular formula is C26H48N4O8S. The Morgan fingerprint density at radius 2 is 1.56 bits per heavy atom. The van der Waals surface area contributed by atoms with Gasteiger partial charge in [0.2, 0.25) is 16.0 Å². The molecule has 0 aromatic carbocycles. The molecular weight excluding hydrogens is 528 g/mol. The van der Waals surface area contributed by atoms with Crippen molar-refractivity contribution in [3.05, 3.63) is 0 Å². The van der Waals surface area contributed by atoms with Crippen molar-refractivity contribution in [2.45, 2.75) is 110 Å². The first-order chi connectivity index (χ1) is 17.8. The topological polar surface area (TPSA) is 161 Å². The summed E-state index contributed by atoms with van der Waals surface area (Å²) < 4.78 is 45.5. The summed E-state index contributed by atoms with van der Waals surface area (Å²) in [5.74, 6) is -0.683. The van der Waals surface area contributed by atoms with Crippen molar-refractivity contribution in [1.82, 2.24) is 15.4 Å². The third-order valence-electron chi connectivity index (χ3n) is 6.43. The molecule has 0 saturated heterocycles. The Morgan fingerprint density at radius 3 is 2.08 bits per heavy atom. The van der Waals surface area contributed by atoms with E-state index in [1.165, 1.54) is 0 Å². The molecule has 0 heterocycles. The lowest BCUT2D eigenvalue weighted by Gasteiger charge is -2.42. The minimum Gasteiger partial charge on any atom is -0.444 e. The normalized spacial score (nSPS) is 25.3. The van der Waals surface area contributed by atoms with Crippen LogP contribution in [0.15, 0.2) is 4.99 Å². The van der Waals surface area contributed by atoms with Crippen LogP contribution in [0.5, 0.6) is 0 Å². The Labute approximate surface area is 233 Å². The van der Waals surface area contributed by atoms with Gasteiger partial charge in [0.15, 0.2) is 0 Å². The quantitative estimate of drug-likeness (QED) is 0.163. The van der Waals surface area contributed by atoms with E-state index in [0.29, 0.717) is 19.1 Å². The van der Waals surface area contributed by atoms with Crippen molar-refractivity contribution in [3.8, 4) is 0 Å². The predicted octanol–water partition coefficient (Wildman–Crippen LogP) is 3.35. The molecule has 0 aromatic rings. The number of guanidine groups is 1. The number of nitrogens with one attached hydrogen (secondary N) is 3. The highest BCUT2D eigenvalue weighted by Crippen LogP contribution is 2.38. The van der Waals surface area contributed by atoms with Crippen LogP contribution in [0.3, 0.4) is 0 Å². The molecule has 12 nitrogen and oxygen atoms in total. The van der Waals surface area contributed by atoms with E-state index in [2.05, 4.69) is 20.3 Å². The number of hydrogen-bond donors (Lipinski definition) is 3. The molecule has 226 valence electrons. The van der Waals surface area contributed by atoms with Gasteiger partial charge in [-0.2, -0.15) is 0 Å². The minimum atomic E-state index is -3.96. The zero-order chi connectivity index (χ0) is 30.2. The van der Waals surface area contributed by atoms with Crippen LogP contribution in [0.25, 0.3) is 0 Å². The molecule has 0 radical (unpaired) electrons. The Kier molecular flexibility index (Phi) is 12.7. The Bertz CT molecular complexity index is 971. The van der Waals surface area contributed by atoms with Crippen LogP contribution in [0.4, 0.5) is 9.59 Å². The fourth-order valence-electron chi connectivity index (χ4n) is 4.61. The standard InChI is InChI=1S/C26H48N4O8S/c1-16-14-20(36-10)17(2)18(3)21(16)39(34,35)30-22(29-24(33)38-26(7,8)9)27-13-11-12-19(15-31)28-23(32)37-25(4,5)6/h15-21H,11-14H2,1-10H3,(H,28,32)(H2,27,29,30,33). The van der Waals surface area contributed by atoms with Crippen LogP contribution in [-0.4, -0.2) is 75.1 Å². The van der Waals surface area contributed by atoms with Gasteiger partial charge in [0, 0.05) is 13.7 Å². The molecule has 1 fully saturated rings. The third-order valence-corrected chi connectivity index (χ3v) is 8.52. The lowest BCUT2D eigenvalue weighted by molar-refractivity contribution is -0.109. The van der Waals surface area contributed by atoms with Crippen LogP contribution in [-0.2, 0) is 29.0 Å². The molecule has 6 unspecified atom stereocenters. The summed E-state index contributed by atoms with van der Waals surface area (Å²) in [6.07, 6.45) is 0.0831. The molecule has 6 atom stereocenters. The van der Waals surface area contributed by atoms with Gasteiger partial charge in [-0.1, -0.05) is 20.8 Å². The van der Waals surface area contributed by atoms with E-state index in [0.717, 1.165) is 0 Å². The van der Waals surface area contributed by atoms with Gasteiger partial charge in [-0.05, 0) is 78.6 Å². The second-order valence-electron chi connectivity index (χ2n) is 12.2. The van der Waals surface area contributed by atoms with Crippen LogP contribution in [0, 0.1) is 17.8 Å². The zero-order valence-electron chi connectivity index (χ0n) is 25.0. The molecule has 0 spiro atoms. The first kappa shape index (κ1) is 34.6. The smallest absolute Gasteiger partial charge is 0.414 e. The Balaban J connectivity index is 3.01. The fraction of sp³-hybridized carbons (Fsp3) is 0.846. The van der Waals surface area contributed by atoms with Gasteiger partial charge in [-0.15, -0.1) is 0 Å². The highest BCUT2D eigenvalue weighted by Gasteiger charge is 2.45. The van der Waals surface area contributed by atoms with E-state index in [4.69, 9.17) is 14.2 Å². The molecule has 1 aliphatic carbocycles. The molecule has 1 aliphatic rings. The van der Waals surface area contributed by atoms with Crippen molar-refractivity contribution < 1.29 is 37.0 Å². The van der Waals surface area contributed by atoms with Gasteiger partial charge in [0.05, 0.1) is 17.4 Å². The molecule has 1 rings (SSSR count). The highest BCUT2D eigenvalue weighted by atomic mass is 32.2. The van der Waals surface area contributed by atoms with Gasteiger partial charge in [0.25, 0.3) is 0 Å². The summed E-state index contributed by atoms with van der Waals surface area (Å²) in [7, 11) is -2.34. The lowest BCUT2D eigenvalue weighted by Crippen LogP contribution is -2.54. The Hall–Kier alpha value is -2.41. The van der Waals surface area contributed by atoms with E-state index in [1.807, 2.05) is 20.8 Å². The monoisotopic (exact) mass is 576 g/mol. The van der Waals surface area contributed by atoms with E-state index in [-0.39, 0.29) is 42.8 Å². The van der Waals surface area contributed by atoms with E-state index >= 15 is 0 Å². The van der Waals surface area contributed by atoms with E-state index in [9.17, 15) is 22.8 Å². The van der Waals surface area contributed by atoms with E-state index < -0.39 is 44.7 Å². The summed E-state index contributed by atoms with van der Waals surface area (Å²) >= 11 is 0. The number of amides is 2. The number of nitrogens with zero attached hydrogens (tertiary/aromatic N) is 1. The molecule has 13 heteroatoms. The van der Waals surface area contributed by atoms with Crippen LogP contribution in [0.2, 0.25) is 0 Å². The first-order valence-corrected chi connectivity index (χ1v) is 14.9. The van der Waals surface area contributed by atoms with Crippen LogP contribution >= 0.6 is 0 Å². The number of hydrogen-bond acceptors (Lipinski definition) is 9. The number of alkyl carbamates (subject to hydrolysis) is 2. The summed E-state index contributed by atoms with van der Waals surface area (Å²) in [6, 6.07) is -0.812. The minimum absolute atomic E-state index is 0.00438. The molecule has 3 N–H and O–H groups in total. The molecule has 0 aromatic heterocycles. The molecule has 39 heavy (non-hydrogen) atoms. The SMILES string of the molecule is COC1CC(C)C(S(=O)(=O)NC(=NCCCC(C=O)NC(=O)OC(C)(C)C)NC(=O)OC(C)(C)C)C(C)C1C. The van der Waals surface area contributed by atoms with Gasteiger partial charge in [-0.3, -0.25) is 15.0 Å². The molecule has 0 aliphatic heterocycles. The largest absolute Gasteiger partial charge is 0.444 e. The maximum Gasteiger partial charge on any atom is 0.414 e. The summed E-state index contributed by atoms with van der Waals surface area (Å²) in [4.78, 5) is 40.1. The maximum absolute atomic E-state index is 13.5. The number of aliphatic imine (C=N–C) groups is 1. The van der Waals surface area contributed by atoms with Crippen LogP contribution in [0.1, 0.15) is 81.6 Å². The van der Waals surface area contributed by atoms with Crippen LogP contribution < -0.4 is 15.4 Å². The summed E-state index contributed by atoms with van der Waals surface area (Å²) in [5.41, 5.74) is -1.52. The number of carbonyl (C=O) groups is 3. The summed E-state index contributed by atoms with van der Waals surface area (Å²) in [5, 5.41) is 4.15. The number of ether oxygens (including phenoxy) is 3. The zero-order valence-corrected chi connectivity index (χ0v) is 25.8. The van der Waals surface area contributed by atoms with Gasteiger partial charge in [0.1, 0.15) is 17.5 Å². The third kappa shape index (κ3) is 12.1. The molecule has 0 bridgehead atoms. The number of carbonyl (C=O) groups excluding carboxylic acids is 3. The first-order valence-electron chi connectivity index (χ1n) is 13.3. The lowest BCUT2D eigenvalue weighted by atomic mass is 9.74. The number of rotatable bonds is 9. The number of aldehydes is 1. The fourth-order valence-corrected chi connectivity index (χ4v) is 6.66. The predicted molar refractivity (Wildman–Crippen MR) is 149 cm³/mol. The average Bonchev–Trinajstić information content (AvgIpc) is 2.75. The van der Waals surface area contributed by atoms with Crippen molar-refractivity contribution in [2.75, 3.05) is 13.7 Å². The summed E-state index contributed by atoms with van der Waals surface area (Å²) in [6.45, 7) is 16.0. The van der Waals surface area contributed by atoms with Gasteiger partial charge < -0.3 is 24.3 Å². The van der Waals surface area contributed by atoms with Gasteiger partial charge >= 0.3 is 12.2 Å². The molecule has 2 amide bonds. The average molecular weight is 577 g/mol. The second kappa shape index (κ2) is 14.3. The molecule has 1 saturated carbocycles. The van der Waals surface area contributed by atoms with Gasteiger partial charge in [-0.25, -0.2) is 18.0 Å². The maximum atomic E-state index is 13.5. The number of sulfonamides is 1. The van der Waals surface area contributed by atoms with Crippen molar-refractivity contribution in [1.29, 1.82) is 0 Å².